The monoisotopic (exact) mass is 487 g/mol. The average Bonchev–Trinajstić information content (AvgIpc) is 3.02. The molecule has 0 unspecified atom stereocenters. The van der Waals surface area contributed by atoms with Crippen LogP contribution >= 0.6 is 27.5 Å². The predicted octanol–water partition coefficient (Wildman–Crippen LogP) is 6.32. The van der Waals surface area contributed by atoms with Gasteiger partial charge in [-0.2, -0.15) is 0 Å². The van der Waals surface area contributed by atoms with Gasteiger partial charge in [-0.25, -0.2) is 4.39 Å². The first-order valence-corrected chi connectivity index (χ1v) is 10.2. The number of hydrogen-bond donors (Lipinski definition) is 1. The summed E-state index contributed by atoms with van der Waals surface area (Å²) in [5.74, 6) is 0.412. The number of ether oxygens (including phenoxy) is 2. The molecule has 3 aromatic rings. The number of rotatable bonds is 5. The van der Waals surface area contributed by atoms with Crippen LogP contribution in [0.4, 0.5) is 10.1 Å². The molecule has 0 bridgehead atoms. The summed E-state index contributed by atoms with van der Waals surface area (Å²) in [6.45, 7) is 0.0620. The molecule has 1 aliphatic rings. The topological polar surface area (TPSA) is 47.6 Å². The number of hydrogen-bond acceptors (Lipinski definition) is 3. The van der Waals surface area contributed by atoms with Gasteiger partial charge in [0.2, 0.25) is 0 Å². The Morgan fingerprint density at radius 2 is 1.93 bits per heavy atom. The summed E-state index contributed by atoms with van der Waals surface area (Å²) in [5.41, 5.74) is 3.21. The van der Waals surface area contributed by atoms with Crippen LogP contribution in [-0.4, -0.2) is 13.0 Å². The molecule has 30 heavy (non-hydrogen) atoms. The number of methoxy groups -OCH3 is 1. The third-order valence-corrected chi connectivity index (χ3v) is 5.39. The van der Waals surface area contributed by atoms with Crippen molar-refractivity contribution in [3.8, 4) is 11.5 Å². The maximum absolute atomic E-state index is 14.0. The highest BCUT2D eigenvalue weighted by Gasteiger charge is 2.24. The van der Waals surface area contributed by atoms with E-state index in [1.54, 1.807) is 42.5 Å². The van der Waals surface area contributed by atoms with Gasteiger partial charge in [0.15, 0.2) is 11.5 Å². The molecule has 1 amide bonds. The zero-order valence-corrected chi connectivity index (χ0v) is 18.2. The second-order valence-electron chi connectivity index (χ2n) is 6.64. The van der Waals surface area contributed by atoms with E-state index in [0.717, 1.165) is 11.1 Å². The first-order valence-electron chi connectivity index (χ1n) is 9.02. The van der Waals surface area contributed by atoms with Crippen molar-refractivity contribution < 1.29 is 18.7 Å². The molecule has 1 aliphatic heterocycles. The van der Waals surface area contributed by atoms with E-state index in [1.807, 2.05) is 12.1 Å². The summed E-state index contributed by atoms with van der Waals surface area (Å²) in [4.78, 5) is 12.4. The summed E-state index contributed by atoms with van der Waals surface area (Å²) in [6.07, 6.45) is 1.77. The summed E-state index contributed by atoms with van der Waals surface area (Å²) in [6, 6.07) is 15.4. The van der Waals surface area contributed by atoms with Crippen molar-refractivity contribution in [2.45, 2.75) is 6.61 Å². The molecule has 7 heteroatoms. The quantitative estimate of drug-likeness (QED) is 0.427. The molecule has 4 nitrogen and oxygen atoms in total. The Bertz CT molecular complexity index is 1180. The van der Waals surface area contributed by atoms with Crippen molar-refractivity contribution in [2.24, 2.45) is 0 Å². The molecule has 0 radical (unpaired) electrons. The highest BCUT2D eigenvalue weighted by molar-refractivity contribution is 9.10. The summed E-state index contributed by atoms with van der Waals surface area (Å²) in [7, 11) is 1.53. The predicted molar refractivity (Wildman–Crippen MR) is 119 cm³/mol. The van der Waals surface area contributed by atoms with E-state index < -0.39 is 0 Å². The van der Waals surface area contributed by atoms with Gasteiger partial charge < -0.3 is 14.8 Å². The molecule has 0 spiro atoms. The number of benzene rings is 3. The molecular weight excluding hydrogens is 473 g/mol. The van der Waals surface area contributed by atoms with Crippen LogP contribution in [-0.2, 0) is 11.4 Å². The van der Waals surface area contributed by atoms with E-state index in [-0.39, 0.29) is 18.3 Å². The zero-order chi connectivity index (χ0) is 21.3. The Morgan fingerprint density at radius 1 is 1.10 bits per heavy atom. The lowest BCUT2D eigenvalue weighted by atomic mass is 10.0. The molecule has 1 heterocycles. The minimum atomic E-state index is -0.351. The third kappa shape index (κ3) is 4.20. The van der Waals surface area contributed by atoms with Crippen LogP contribution in [0.1, 0.15) is 16.7 Å². The lowest BCUT2D eigenvalue weighted by molar-refractivity contribution is -0.110. The molecule has 0 fully saturated rings. The molecule has 0 aliphatic carbocycles. The van der Waals surface area contributed by atoms with Crippen molar-refractivity contribution >= 4 is 50.8 Å². The van der Waals surface area contributed by atoms with E-state index in [9.17, 15) is 9.18 Å². The van der Waals surface area contributed by atoms with E-state index in [2.05, 4.69) is 21.2 Å². The smallest absolute Gasteiger partial charge is 0.256 e. The number of carbonyl (C=O) groups excluding carboxylic acids is 1. The van der Waals surface area contributed by atoms with E-state index in [4.69, 9.17) is 21.1 Å². The SMILES string of the molecule is COc1cc(/C=C2\C(=O)Nc3cc(Cl)ccc32)ccc1OCc1ccc(Br)cc1F. The number of fused-ring (bicyclic) bond motifs is 1. The Labute approximate surface area is 186 Å². The van der Waals surface area contributed by atoms with Crippen LogP contribution in [0.15, 0.2) is 59.1 Å². The second kappa shape index (κ2) is 8.50. The van der Waals surface area contributed by atoms with Gasteiger partial charge in [-0.15, -0.1) is 0 Å². The molecule has 0 saturated heterocycles. The minimum absolute atomic E-state index is 0.0620. The van der Waals surface area contributed by atoms with Gasteiger partial charge in [-0.3, -0.25) is 4.79 Å². The molecule has 0 aromatic heterocycles. The van der Waals surface area contributed by atoms with Crippen molar-refractivity contribution in [1.82, 2.24) is 0 Å². The molecule has 1 N–H and O–H groups in total. The van der Waals surface area contributed by atoms with Gasteiger partial charge in [-0.05, 0) is 48.0 Å². The standard InChI is InChI=1S/C23H16BrClFNO3/c1-29-22-9-13(8-18-17-6-5-16(25)11-20(17)27-23(18)28)2-7-21(22)30-12-14-3-4-15(24)10-19(14)26/h2-11H,12H2,1H3,(H,27,28)/b18-8-. The van der Waals surface area contributed by atoms with Gasteiger partial charge in [0.1, 0.15) is 12.4 Å². The fourth-order valence-corrected chi connectivity index (χ4v) is 3.67. The number of carbonyl (C=O) groups is 1. The average molecular weight is 489 g/mol. The van der Waals surface area contributed by atoms with Crippen LogP contribution < -0.4 is 14.8 Å². The number of anilines is 1. The largest absolute Gasteiger partial charge is 0.493 e. The highest BCUT2D eigenvalue weighted by atomic mass is 79.9. The summed E-state index contributed by atoms with van der Waals surface area (Å²) in [5, 5.41) is 3.37. The number of nitrogens with one attached hydrogen (secondary N) is 1. The fourth-order valence-electron chi connectivity index (χ4n) is 3.16. The Morgan fingerprint density at radius 3 is 2.70 bits per heavy atom. The van der Waals surface area contributed by atoms with Crippen LogP contribution in [0.2, 0.25) is 5.02 Å². The van der Waals surface area contributed by atoms with Gasteiger partial charge >= 0.3 is 0 Å². The van der Waals surface area contributed by atoms with Gasteiger partial charge in [0.25, 0.3) is 5.91 Å². The van der Waals surface area contributed by atoms with Crippen molar-refractivity contribution in [3.63, 3.8) is 0 Å². The molecule has 152 valence electrons. The fraction of sp³-hybridized carbons (Fsp3) is 0.0870. The van der Waals surface area contributed by atoms with Gasteiger partial charge in [-0.1, -0.05) is 45.7 Å². The second-order valence-corrected chi connectivity index (χ2v) is 7.99. The maximum atomic E-state index is 14.0. The highest BCUT2D eigenvalue weighted by Crippen LogP contribution is 2.36. The number of amides is 1. The lowest BCUT2D eigenvalue weighted by Gasteiger charge is -2.12. The molecule has 3 aromatic carbocycles. The van der Waals surface area contributed by atoms with Crippen LogP contribution in [0.25, 0.3) is 11.6 Å². The molecular formula is C23H16BrClFNO3. The third-order valence-electron chi connectivity index (χ3n) is 4.66. The van der Waals surface area contributed by atoms with Crippen molar-refractivity contribution in [2.75, 3.05) is 12.4 Å². The van der Waals surface area contributed by atoms with E-state index >= 15 is 0 Å². The van der Waals surface area contributed by atoms with Gasteiger partial charge in [0, 0.05) is 26.2 Å². The minimum Gasteiger partial charge on any atom is -0.493 e. The first kappa shape index (κ1) is 20.4. The van der Waals surface area contributed by atoms with Crippen LogP contribution in [0.3, 0.4) is 0 Å². The van der Waals surface area contributed by atoms with Gasteiger partial charge in [0.05, 0.1) is 12.8 Å². The normalized spacial score (nSPS) is 13.9. The van der Waals surface area contributed by atoms with Crippen LogP contribution in [0.5, 0.6) is 11.5 Å². The summed E-state index contributed by atoms with van der Waals surface area (Å²) >= 11 is 9.24. The Hall–Kier alpha value is -2.83. The summed E-state index contributed by atoms with van der Waals surface area (Å²) < 4.78 is 25.9. The molecule has 0 saturated carbocycles. The van der Waals surface area contributed by atoms with Crippen molar-refractivity contribution in [3.05, 3.63) is 86.6 Å². The van der Waals surface area contributed by atoms with Crippen molar-refractivity contribution in [1.29, 1.82) is 0 Å². The Balaban J connectivity index is 1.58. The molecule has 0 atom stereocenters. The van der Waals surface area contributed by atoms with E-state index in [1.165, 1.54) is 13.2 Å². The number of halogens is 3. The zero-order valence-electron chi connectivity index (χ0n) is 15.8. The maximum Gasteiger partial charge on any atom is 0.256 e. The Kier molecular flexibility index (Phi) is 5.79. The van der Waals surface area contributed by atoms with E-state index in [0.29, 0.717) is 37.8 Å². The first-order chi connectivity index (χ1) is 14.4. The lowest BCUT2D eigenvalue weighted by Crippen LogP contribution is -2.03. The molecule has 4 rings (SSSR count). The van der Waals surface area contributed by atoms with Crippen LogP contribution in [0, 0.1) is 5.82 Å².